The average molecular weight is 508 g/mol. The molecule has 1 amide bonds. The van der Waals surface area contributed by atoms with Crippen LogP contribution in [0, 0.1) is 17.3 Å². The molecule has 0 aliphatic carbocycles. The highest BCUT2D eigenvalue weighted by Crippen LogP contribution is 2.25. The summed E-state index contributed by atoms with van der Waals surface area (Å²) >= 11 is 0. The molecule has 198 valence electrons. The monoisotopic (exact) mass is 507 g/mol. The van der Waals surface area contributed by atoms with E-state index in [-0.39, 0.29) is 18.0 Å². The molecule has 2 N–H and O–H groups in total. The lowest BCUT2D eigenvalue weighted by Crippen LogP contribution is -2.43. The number of allylic oxidation sites excluding steroid dienone is 1. The molecule has 1 fully saturated rings. The van der Waals surface area contributed by atoms with Gasteiger partial charge in [-0.2, -0.15) is 0 Å². The molecule has 4 heteroatoms. The number of carbonyl (C=O) groups is 1. The molecule has 3 aromatic carbocycles. The number of benzene rings is 3. The highest BCUT2D eigenvalue weighted by atomic mass is 16.2. The lowest BCUT2D eigenvalue weighted by atomic mass is 9.92. The Balaban J connectivity index is 1.29. The van der Waals surface area contributed by atoms with Gasteiger partial charge in [0.1, 0.15) is 5.41 Å². The van der Waals surface area contributed by atoms with Gasteiger partial charge in [0.2, 0.25) is 5.91 Å². The first-order valence-electron chi connectivity index (χ1n) is 13.9. The zero-order chi connectivity index (χ0) is 26.8. The van der Waals surface area contributed by atoms with Gasteiger partial charge in [-0.15, -0.1) is 0 Å². The topological polar surface area (TPSA) is 44.4 Å². The first-order chi connectivity index (χ1) is 18.5. The van der Waals surface area contributed by atoms with Crippen LogP contribution in [-0.4, -0.2) is 37.0 Å². The number of hydrogen-bond donors (Lipinski definition) is 2. The predicted molar refractivity (Wildman–Crippen MR) is 159 cm³/mol. The molecule has 2 atom stereocenters. The van der Waals surface area contributed by atoms with Crippen molar-refractivity contribution in [3.63, 3.8) is 0 Å². The molecule has 4 rings (SSSR count). The molecular weight excluding hydrogens is 466 g/mol. The van der Waals surface area contributed by atoms with Gasteiger partial charge >= 0.3 is 0 Å². The van der Waals surface area contributed by atoms with Crippen molar-refractivity contribution in [2.75, 3.05) is 26.2 Å². The summed E-state index contributed by atoms with van der Waals surface area (Å²) in [5, 5.41) is 9.29. The Hall–Kier alpha value is -3.39. The summed E-state index contributed by atoms with van der Waals surface area (Å²) in [7, 11) is 0. The molecule has 1 aliphatic rings. The van der Waals surface area contributed by atoms with E-state index in [0.717, 1.165) is 13.1 Å². The highest BCUT2D eigenvalue weighted by Gasteiger charge is 2.28. The van der Waals surface area contributed by atoms with Gasteiger partial charge in [-0.1, -0.05) is 97.1 Å². The normalized spacial score (nSPS) is 16.1. The second-order valence-electron chi connectivity index (χ2n) is 10.7. The molecule has 1 aliphatic heterocycles. The molecule has 4 nitrogen and oxygen atoms in total. The molecule has 3 aromatic rings. The quantitative estimate of drug-likeness (QED) is 0.329. The van der Waals surface area contributed by atoms with Gasteiger partial charge in [0.25, 0.3) is 0 Å². The third kappa shape index (κ3) is 7.34. The zero-order valence-corrected chi connectivity index (χ0v) is 23.0. The number of likely N-dealkylation sites (tertiary alicyclic amines) is 1. The van der Waals surface area contributed by atoms with Crippen molar-refractivity contribution in [3.05, 3.63) is 96.1 Å². The largest absolute Gasteiger partial charge is 0.353 e. The maximum atomic E-state index is 13.1. The van der Waals surface area contributed by atoms with Gasteiger partial charge in [-0.25, -0.2) is 0 Å². The minimum absolute atomic E-state index is 0.0287. The summed E-state index contributed by atoms with van der Waals surface area (Å²) < 4.78 is 0. The van der Waals surface area contributed by atoms with Crippen LogP contribution in [0.5, 0.6) is 0 Å². The van der Waals surface area contributed by atoms with Crippen LogP contribution in [0.25, 0.3) is 10.8 Å². The van der Waals surface area contributed by atoms with Crippen LogP contribution in [0.1, 0.15) is 63.2 Å². The molecule has 1 unspecified atom stereocenters. The van der Waals surface area contributed by atoms with E-state index in [1.165, 1.54) is 41.2 Å². The fraction of sp³-hybridized carbons (Fsp3) is 0.382. The van der Waals surface area contributed by atoms with Crippen LogP contribution in [-0.2, 0) is 4.79 Å². The number of carbonyl (C=O) groups excluding carboxylic acids is 1. The van der Waals surface area contributed by atoms with E-state index >= 15 is 0 Å². The number of nitrogens with one attached hydrogen (secondary N) is 2. The Morgan fingerprint density at radius 1 is 0.974 bits per heavy atom. The van der Waals surface area contributed by atoms with Crippen LogP contribution < -0.4 is 10.6 Å². The van der Waals surface area contributed by atoms with Crippen LogP contribution in [0.3, 0.4) is 0 Å². The number of nitrogens with zero attached hydrogens (tertiary/aromatic N) is 1. The van der Waals surface area contributed by atoms with E-state index in [9.17, 15) is 4.79 Å². The fourth-order valence-corrected chi connectivity index (χ4v) is 5.15. The van der Waals surface area contributed by atoms with Crippen molar-refractivity contribution in [1.29, 1.82) is 0 Å². The Bertz CT molecular complexity index is 1270. The molecule has 0 bridgehead atoms. The van der Waals surface area contributed by atoms with E-state index in [4.69, 9.17) is 0 Å². The van der Waals surface area contributed by atoms with E-state index in [2.05, 4.69) is 101 Å². The van der Waals surface area contributed by atoms with Gasteiger partial charge < -0.3 is 10.6 Å². The van der Waals surface area contributed by atoms with Crippen molar-refractivity contribution in [1.82, 2.24) is 15.5 Å². The minimum atomic E-state index is -0.767. The summed E-state index contributed by atoms with van der Waals surface area (Å²) in [6.07, 6.45) is 7.59. The Labute approximate surface area is 228 Å². The molecule has 1 saturated heterocycles. The van der Waals surface area contributed by atoms with Gasteiger partial charge in [0, 0.05) is 19.1 Å². The third-order valence-electron chi connectivity index (χ3n) is 7.46. The van der Waals surface area contributed by atoms with Gasteiger partial charge in [-0.05, 0) is 74.7 Å². The molecule has 38 heavy (non-hydrogen) atoms. The Morgan fingerprint density at radius 3 is 2.47 bits per heavy atom. The minimum Gasteiger partial charge on any atom is -0.353 e. The Morgan fingerprint density at radius 2 is 1.68 bits per heavy atom. The maximum Gasteiger partial charge on any atom is 0.237 e. The third-order valence-corrected chi connectivity index (χ3v) is 7.46. The smallest absolute Gasteiger partial charge is 0.237 e. The van der Waals surface area contributed by atoms with Crippen LogP contribution in [0.4, 0.5) is 0 Å². The summed E-state index contributed by atoms with van der Waals surface area (Å²) in [6, 6.07) is 25.9. The second kappa shape index (κ2) is 13.4. The summed E-state index contributed by atoms with van der Waals surface area (Å²) in [5.41, 5.74) is 1.78. The standard InChI is InChI=1S/C34H41N3O/c1-27(30-21-15-19-28-16-9-10-20-31(28)30)35-23-12-5-11-22-34(2,3)33(38)36-26-32(29-17-7-4-8-18-29)37-24-13-6-14-25-37/h4-5,7-10,12,15-21,27,32,35H,6,13-14,23-26H2,1-3H3,(H,36,38)/b12-5+/t27-,32?/m1/s1. The van der Waals surface area contributed by atoms with Crippen molar-refractivity contribution in [2.24, 2.45) is 5.41 Å². The first-order valence-corrected chi connectivity index (χ1v) is 13.9. The second-order valence-corrected chi connectivity index (χ2v) is 10.7. The average Bonchev–Trinajstić information content (AvgIpc) is 2.95. The van der Waals surface area contributed by atoms with E-state index in [0.29, 0.717) is 13.1 Å². The number of rotatable bonds is 9. The summed E-state index contributed by atoms with van der Waals surface area (Å²) in [6.45, 7) is 9.43. The zero-order valence-electron chi connectivity index (χ0n) is 23.0. The fourth-order valence-electron chi connectivity index (χ4n) is 5.15. The van der Waals surface area contributed by atoms with Gasteiger partial charge in [-0.3, -0.25) is 9.69 Å². The molecule has 0 radical (unpaired) electrons. The molecule has 0 saturated carbocycles. The number of fused-ring (bicyclic) bond motifs is 1. The number of amides is 1. The van der Waals surface area contributed by atoms with Crippen molar-refractivity contribution >= 4 is 16.7 Å². The summed E-state index contributed by atoms with van der Waals surface area (Å²) in [4.78, 5) is 15.6. The summed E-state index contributed by atoms with van der Waals surface area (Å²) in [5.74, 6) is 6.22. The van der Waals surface area contributed by atoms with Crippen LogP contribution in [0.2, 0.25) is 0 Å². The maximum absolute atomic E-state index is 13.1. The lowest BCUT2D eigenvalue weighted by Gasteiger charge is -2.35. The van der Waals surface area contributed by atoms with Crippen molar-refractivity contribution < 1.29 is 4.79 Å². The van der Waals surface area contributed by atoms with Crippen LogP contribution >= 0.6 is 0 Å². The number of piperidine rings is 1. The highest BCUT2D eigenvalue weighted by molar-refractivity contribution is 5.86. The predicted octanol–water partition coefficient (Wildman–Crippen LogP) is 6.42. The van der Waals surface area contributed by atoms with E-state index in [1.807, 2.05) is 32.1 Å². The molecule has 0 aromatic heterocycles. The van der Waals surface area contributed by atoms with Crippen molar-refractivity contribution in [3.8, 4) is 11.8 Å². The van der Waals surface area contributed by atoms with Gasteiger partial charge in [0.05, 0.1) is 6.04 Å². The van der Waals surface area contributed by atoms with E-state index in [1.54, 1.807) is 0 Å². The molecule has 1 heterocycles. The van der Waals surface area contributed by atoms with Crippen LogP contribution in [0.15, 0.2) is 84.9 Å². The SMILES string of the molecule is C[C@@H](NC/C=C/C#CC(C)(C)C(=O)NCC(c1ccccc1)N1CCCCC1)c1cccc2ccccc12. The Kier molecular flexibility index (Phi) is 9.76. The molecule has 0 spiro atoms. The molecular formula is C34H41N3O. The first kappa shape index (κ1) is 27.6. The van der Waals surface area contributed by atoms with Gasteiger partial charge in [0.15, 0.2) is 0 Å². The lowest BCUT2D eigenvalue weighted by molar-refractivity contribution is -0.127. The number of hydrogen-bond acceptors (Lipinski definition) is 3. The van der Waals surface area contributed by atoms with E-state index < -0.39 is 5.41 Å². The van der Waals surface area contributed by atoms with Crippen molar-refractivity contribution in [2.45, 2.75) is 52.1 Å².